The largest absolute Gasteiger partial charge is 0.475 e. The Morgan fingerprint density at radius 3 is 2.53 bits per heavy atom. The van der Waals surface area contributed by atoms with Crippen LogP contribution in [0.5, 0.6) is 5.88 Å². The third-order valence-electron chi connectivity index (χ3n) is 5.66. The number of hydrogen-bond donors (Lipinski definition) is 4. The molecule has 0 aromatic carbocycles. The number of nitrogens with two attached hydrogens (primary N) is 1. The normalized spacial score (nSPS) is 20.9. The van der Waals surface area contributed by atoms with Gasteiger partial charge >= 0.3 is 6.18 Å². The van der Waals surface area contributed by atoms with Crippen LogP contribution in [0.3, 0.4) is 0 Å². The van der Waals surface area contributed by atoms with Gasteiger partial charge < -0.3 is 25.6 Å². The van der Waals surface area contributed by atoms with E-state index in [1.54, 1.807) is 0 Å². The van der Waals surface area contributed by atoms with Gasteiger partial charge in [-0.1, -0.05) is 0 Å². The van der Waals surface area contributed by atoms with Gasteiger partial charge in [0.15, 0.2) is 0 Å². The Morgan fingerprint density at radius 1 is 1.25 bits per heavy atom. The second-order valence-corrected chi connectivity index (χ2v) is 8.33. The molecule has 3 aliphatic rings. The monoisotopic (exact) mass is 456 g/mol. The zero-order valence-electron chi connectivity index (χ0n) is 17.5. The van der Waals surface area contributed by atoms with E-state index in [9.17, 15) is 13.2 Å². The van der Waals surface area contributed by atoms with Crippen molar-refractivity contribution in [3.63, 3.8) is 0 Å². The molecule has 5 N–H and O–H groups in total. The highest BCUT2D eigenvalue weighted by Crippen LogP contribution is 2.45. The molecule has 0 bridgehead atoms. The zero-order valence-corrected chi connectivity index (χ0v) is 17.5. The first-order valence-corrected chi connectivity index (χ1v) is 10.7. The number of alkyl halides is 3. The number of anilines is 3. The first kappa shape index (κ1) is 22.6. The van der Waals surface area contributed by atoms with Gasteiger partial charge in [-0.25, -0.2) is 4.98 Å². The van der Waals surface area contributed by atoms with Crippen LogP contribution in [0.4, 0.5) is 30.6 Å². The number of halogens is 3. The van der Waals surface area contributed by atoms with Gasteiger partial charge in [-0.3, -0.25) is 5.10 Å². The molecule has 12 heteroatoms. The Kier molecular flexibility index (Phi) is 6.70. The summed E-state index contributed by atoms with van der Waals surface area (Å²) in [6, 6.07) is 0. The minimum absolute atomic E-state index is 0.0437. The minimum atomic E-state index is -4.60. The molecular formula is C20H27F3N6O3. The number of aromatic amines is 1. The van der Waals surface area contributed by atoms with E-state index in [0.29, 0.717) is 43.5 Å². The van der Waals surface area contributed by atoms with Gasteiger partial charge in [0, 0.05) is 24.6 Å². The maximum absolute atomic E-state index is 12.8. The van der Waals surface area contributed by atoms with Crippen molar-refractivity contribution in [3.8, 4) is 5.88 Å². The smallest absolute Gasteiger partial charge is 0.421 e. The molecular weight excluding hydrogens is 429 g/mol. The molecule has 5 rings (SSSR count). The van der Waals surface area contributed by atoms with Gasteiger partial charge in [0.1, 0.15) is 17.1 Å². The summed E-state index contributed by atoms with van der Waals surface area (Å²) in [4.78, 5) is 7.47. The van der Waals surface area contributed by atoms with Gasteiger partial charge in [-0.15, -0.1) is 5.10 Å². The number of nitrogens with zero attached hydrogens (tertiary/aromatic N) is 3. The van der Waals surface area contributed by atoms with Crippen molar-refractivity contribution in [1.82, 2.24) is 20.2 Å². The third-order valence-corrected chi connectivity index (χ3v) is 5.66. The summed E-state index contributed by atoms with van der Waals surface area (Å²) in [5.74, 6) is 0.251. The molecule has 1 atom stereocenters. The predicted octanol–water partition coefficient (Wildman–Crippen LogP) is 3.37. The lowest BCUT2D eigenvalue weighted by atomic mass is 9.97. The fraction of sp³-hybridized carbons (Fsp3) is 0.650. The molecule has 3 fully saturated rings. The molecule has 2 aromatic heterocycles. The number of aliphatic hydroxyl groups is 1. The predicted molar refractivity (Wildman–Crippen MR) is 110 cm³/mol. The summed E-state index contributed by atoms with van der Waals surface area (Å²) in [6.07, 6.45) is 2.37. The Hall–Kier alpha value is -2.60. The molecule has 0 spiro atoms. The number of H-pyrrole nitrogens is 1. The average molecular weight is 456 g/mol. The highest BCUT2D eigenvalue weighted by atomic mass is 19.4. The minimum Gasteiger partial charge on any atom is -0.475 e. The fourth-order valence-electron chi connectivity index (χ4n) is 3.31. The van der Waals surface area contributed by atoms with E-state index in [0.717, 1.165) is 37.8 Å². The summed E-state index contributed by atoms with van der Waals surface area (Å²) >= 11 is 0. The molecule has 2 aromatic rings. The van der Waals surface area contributed by atoms with E-state index in [2.05, 4.69) is 25.5 Å². The molecule has 1 aliphatic heterocycles. The van der Waals surface area contributed by atoms with Gasteiger partial charge in [-0.05, 0) is 38.5 Å². The van der Waals surface area contributed by atoms with E-state index in [-0.39, 0.29) is 18.0 Å². The second kappa shape index (κ2) is 9.49. The number of aromatic nitrogens is 4. The van der Waals surface area contributed by atoms with Crippen LogP contribution < -0.4 is 15.8 Å². The summed E-state index contributed by atoms with van der Waals surface area (Å²) in [7, 11) is 0. The molecule has 2 aliphatic carbocycles. The number of nitrogens with one attached hydrogen (secondary N) is 2. The lowest BCUT2D eigenvalue weighted by Crippen LogP contribution is -2.15. The van der Waals surface area contributed by atoms with E-state index in [1.165, 1.54) is 6.42 Å². The van der Waals surface area contributed by atoms with Gasteiger partial charge in [0.05, 0.1) is 25.0 Å². The molecule has 32 heavy (non-hydrogen) atoms. The quantitative estimate of drug-likeness (QED) is 0.520. The van der Waals surface area contributed by atoms with Crippen molar-refractivity contribution < 1.29 is 27.8 Å². The number of ether oxygens (including phenoxy) is 2. The Bertz CT molecular complexity index is 908. The molecule has 3 heterocycles. The summed E-state index contributed by atoms with van der Waals surface area (Å²) in [5, 5.41) is 18.5. The molecule has 0 amide bonds. The zero-order chi connectivity index (χ0) is 22.7. The average Bonchev–Trinajstić information content (AvgIpc) is 3.27. The van der Waals surface area contributed by atoms with Gasteiger partial charge in [-0.2, -0.15) is 18.2 Å². The highest BCUT2D eigenvalue weighted by Gasteiger charge is 2.35. The lowest BCUT2D eigenvalue weighted by Gasteiger charge is -2.17. The van der Waals surface area contributed by atoms with Crippen molar-refractivity contribution in [2.75, 3.05) is 30.9 Å². The van der Waals surface area contributed by atoms with Crippen LogP contribution in [-0.2, 0) is 10.9 Å². The van der Waals surface area contributed by atoms with E-state index >= 15 is 0 Å². The summed E-state index contributed by atoms with van der Waals surface area (Å²) in [5.41, 5.74) is 5.74. The number of aliphatic hydroxyl groups excluding tert-OH is 1. The molecule has 176 valence electrons. The second-order valence-electron chi connectivity index (χ2n) is 8.33. The standard InChI is InChI=1S/C16H19F3N6O2.C4H8O/c17-16(18,19)10-5-21-15(23-13(10)20)22-12-11(9-1-2-9)24-25-14(12)27-7-8-3-4-26-6-8;5-4-2-1-3-4/h5,8-9H,1-4,6-7H2,(H,24,25)(H3,20,21,22,23);4-5H,1-3H2. The van der Waals surface area contributed by atoms with Crippen LogP contribution >= 0.6 is 0 Å². The van der Waals surface area contributed by atoms with E-state index < -0.39 is 17.6 Å². The number of nitrogen functional groups attached to an aromatic ring is 1. The molecule has 1 saturated heterocycles. The fourth-order valence-corrected chi connectivity index (χ4v) is 3.31. The Balaban J connectivity index is 0.000000433. The first-order valence-electron chi connectivity index (χ1n) is 10.7. The van der Waals surface area contributed by atoms with E-state index in [1.807, 2.05) is 0 Å². The highest BCUT2D eigenvalue weighted by molar-refractivity contribution is 5.65. The lowest BCUT2D eigenvalue weighted by molar-refractivity contribution is -0.137. The maximum Gasteiger partial charge on any atom is 0.421 e. The van der Waals surface area contributed by atoms with Crippen LogP contribution in [0.1, 0.15) is 55.7 Å². The van der Waals surface area contributed by atoms with Gasteiger partial charge in [0.2, 0.25) is 5.95 Å². The Morgan fingerprint density at radius 2 is 2.00 bits per heavy atom. The maximum atomic E-state index is 12.8. The van der Waals surface area contributed by atoms with Gasteiger partial charge in [0.25, 0.3) is 5.88 Å². The van der Waals surface area contributed by atoms with Crippen LogP contribution in [-0.4, -0.2) is 51.2 Å². The number of rotatable bonds is 6. The molecule has 1 unspecified atom stereocenters. The summed E-state index contributed by atoms with van der Waals surface area (Å²) in [6.45, 7) is 1.80. The van der Waals surface area contributed by atoms with Crippen LogP contribution in [0.15, 0.2) is 6.20 Å². The third kappa shape index (κ3) is 5.60. The number of hydrogen-bond acceptors (Lipinski definition) is 8. The SMILES string of the molecule is Nc1nc(Nc2c(OCC3CCOC3)n[nH]c2C2CC2)ncc1C(F)(F)F.OC1CCC1. The molecule has 0 radical (unpaired) electrons. The van der Waals surface area contributed by atoms with Crippen LogP contribution in [0, 0.1) is 5.92 Å². The molecule has 9 nitrogen and oxygen atoms in total. The first-order chi connectivity index (χ1) is 15.3. The Labute approximate surface area is 182 Å². The van der Waals surface area contributed by atoms with Crippen LogP contribution in [0.2, 0.25) is 0 Å². The van der Waals surface area contributed by atoms with Crippen molar-refractivity contribution in [2.45, 2.75) is 56.7 Å². The molecule has 2 saturated carbocycles. The summed E-state index contributed by atoms with van der Waals surface area (Å²) < 4.78 is 49.6. The van der Waals surface area contributed by atoms with Crippen molar-refractivity contribution in [1.29, 1.82) is 0 Å². The van der Waals surface area contributed by atoms with Crippen molar-refractivity contribution >= 4 is 17.5 Å². The van der Waals surface area contributed by atoms with E-state index in [4.69, 9.17) is 20.3 Å². The topological polar surface area (TPSA) is 131 Å². The van der Waals surface area contributed by atoms with Crippen molar-refractivity contribution in [2.24, 2.45) is 5.92 Å². The van der Waals surface area contributed by atoms with Crippen LogP contribution in [0.25, 0.3) is 0 Å². The van der Waals surface area contributed by atoms with Crippen molar-refractivity contribution in [3.05, 3.63) is 17.5 Å².